The summed E-state index contributed by atoms with van der Waals surface area (Å²) in [4.78, 5) is 36.5. The topological polar surface area (TPSA) is 113 Å². The van der Waals surface area contributed by atoms with Gasteiger partial charge in [-0.2, -0.15) is 9.97 Å². The van der Waals surface area contributed by atoms with Crippen LogP contribution in [0.5, 0.6) is 23.5 Å². The predicted molar refractivity (Wildman–Crippen MR) is 119 cm³/mol. The average Bonchev–Trinajstić information content (AvgIpc) is 3.17. The Kier molecular flexibility index (Phi) is 6.21. The van der Waals surface area contributed by atoms with Crippen molar-refractivity contribution >= 4 is 23.2 Å². The van der Waals surface area contributed by atoms with E-state index in [1.165, 1.54) is 20.3 Å². The highest BCUT2D eigenvalue weighted by molar-refractivity contribution is 6.12. The smallest absolute Gasteiger partial charge is 0.343 e. The Morgan fingerprint density at radius 3 is 2.36 bits per heavy atom. The Bertz CT molecular complexity index is 1290. The molecule has 0 aliphatic heterocycles. The van der Waals surface area contributed by atoms with E-state index in [1.807, 2.05) is 30.3 Å². The second kappa shape index (κ2) is 9.39. The van der Waals surface area contributed by atoms with Crippen LogP contribution in [0.3, 0.4) is 0 Å². The van der Waals surface area contributed by atoms with Gasteiger partial charge in [0.15, 0.2) is 6.29 Å². The van der Waals surface area contributed by atoms with E-state index < -0.39 is 5.97 Å². The minimum absolute atomic E-state index is 0.0544. The molecule has 9 nitrogen and oxygen atoms in total. The molecule has 0 aliphatic rings. The van der Waals surface area contributed by atoms with Crippen molar-refractivity contribution in [2.24, 2.45) is 0 Å². The van der Waals surface area contributed by atoms with Crippen LogP contribution < -0.4 is 14.2 Å². The molecule has 0 spiro atoms. The van der Waals surface area contributed by atoms with Crippen molar-refractivity contribution in [3.63, 3.8) is 0 Å². The van der Waals surface area contributed by atoms with E-state index in [4.69, 9.17) is 18.9 Å². The van der Waals surface area contributed by atoms with Gasteiger partial charge in [0.2, 0.25) is 11.8 Å². The molecule has 9 heteroatoms. The van der Waals surface area contributed by atoms with E-state index in [1.54, 1.807) is 19.1 Å². The van der Waals surface area contributed by atoms with Crippen molar-refractivity contribution in [1.82, 2.24) is 15.0 Å². The number of nitrogens with zero attached hydrogens (tertiary/aromatic N) is 2. The number of hydrogen-bond acceptors (Lipinski definition) is 8. The zero-order valence-corrected chi connectivity index (χ0v) is 18.2. The summed E-state index contributed by atoms with van der Waals surface area (Å²) in [5.41, 5.74) is 2.46. The number of methoxy groups -OCH3 is 2. The highest BCUT2D eigenvalue weighted by Crippen LogP contribution is 2.35. The first-order chi connectivity index (χ1) is 16.0. The number of H-pyrrole nitrogens is 1. The molecular formula is C24H21N3O6. The summed E-state index contributed by atoms with van der Waals surface area (Å²) in [5.74, 6) is -0.0937. The summed E-state index contributed by atoms with van der Waals surface area (Å²) in [5, 5.41) is 0.396. The van der Waals surface area contributed by atoms with Crippen LogP contribution in [0.15, 0.2) is 48.5 Å². The lowest BCUT2D eigenvalue weighted by Crippen LogP contribution is -2.09. The first-order valence-electron chi connectivity index (χ1n) is 10.0. The zero-order valence-electron chi connectivity index (χ0n) is 18.2. The average molecular weight is 447 g/mol. The maximum atomic E-state index is 13.2. The number of rotatable bonds is 8. The molecule has 0 fully saturated rings. The number of ether oxygens (including phenoxy) is 4. The molecule has 2 heterocycles. The number of aldehydes is 1. The number of aromatic amines is 1. The van der Waals surface area contributed by atoms with Gasteiger partial charge in [-0.15, -0.1) is 0 Å². The van der Waals surface area contributed by atoms with Crippen LogP contribution >= 0.6 is 0 Å². The van der Waals surface area contributed by atoms with Crippen LogP contribution in [0.2, 0.25) is 0 Å². The number of carbonyl (C=O) groups excluding carboxylic acids is 2. The second-order valence-corrected chi connectivity index (χ2v) is 7.04. The summed E-state index contributed by atoms with van der Waals surface area (Å²) in [7, 11) is 2.89. The summed E-state index contributed by atoms with van der Waals surface area (Å²) in [6, 6.07) is 14.0. The van der Waals surface area contributed by atoms with Crippen LogP contribution in [0, 0.1) is 6.92 Å². The van der Waals surface area contributed by atoms with E-state index in [-0.39, 0.29) is 35.7 Å². The van der Waals surface area contributed by atoms with Gasteiger partial charge in [-0.3, -0.25) is 4.79 Å². The highest BCUT2D eigenvalue weighted by atomic mass is 16.5. The molecular weight excluding hydrogens is 426 g/mol. The quantitative estimate of drug-likeness (QED) is 0.315. The Balaban J connectivity index is 1.79. The number of fused-ring (bicyclic) bond motifs is 1. The molecule has 0 atom stereocenters. The lowest BCUT2D eigenvalue weighted by molar-refractivity contribution is 0.0472. The number of benzene rings is 2. The summed E-state index contributed by atoms with van der Waals surface area (Å²) >= 11 is 0. The van der Waals surface area contributed by atoms with Gasteiger partial charge >= 0.3 is 12.0 Å². The monoisotopic (exact) mass is 447 g/mol. The van der Waals surface area contributed by atoms with Crippen molar-refractivity contribution in [2.45, 2.75) is 13.5 Å². The van der Waals surface area contributed by atoms with Gasteiger partial charge < -0.3 is 23.9 Å². The third kappa shape index (κ3) is 4.47. The second-order valence-electron chi connectivity index (χ2n) is 7.04. The van der Waals surface area contributed by atoms with Gasteiger partial charge in [0.1, 0.15) is 17.9 Å². The third-order valence-corrected chi connectivity index (χ3v) is 4.98. The molecule has 0 amide bonds. The molecule has 0 unspecified atom stereocenters. The van der Waals surface area contributed by atoms with E-state index in [2.05, 4.69) is 15.0 Å². The van der Waals surface area contributed by atoms with Gasteiger partial charge in [-0.1, -0.05) is 30.3 Å². The molecule has 0 saturated heterocycles. The molecule has 4 aromatic rings. The molecule has 2 aromatic carbocycles. The number of nitrogens with one attached hydrogen (secondary N) is 1. The van der Waals surface area contributed by atoms with E-state index in [0.717, 1.165) is 5.56 Å². The van der Waals surface area contributed by atoms with Crippen molar-refractivity contribution in [3.8, 4) is 23.5 Å². The Morgan fingerprint density at radius 2 is 1.73 bits per heavy atom. The lowest BCUT2D eigenvalue weighted by atomic mass is 10.0. The summed E-state index contributed by atoms with van der Waals surface area (Å²) in [6.45, 7) is 1.80. The maximum Gasteiger partial charge on any atom is 0.343 e. The van der Waals surface area contributed by atoms with Crippen LogP contribution in [0.25, 0.3) is 10.9 Å². The molecule has 1 N–H and O–H groups in total. The molecule has 168 valence electrons. The first-order valence-corrected chi connectivity index (χ1v) is 10.0. The lowest BCUT2D eigenvalue weighted by Gasteiger charge is -2.13. The summed E-state index contributed by atoms with van der Waals surface area (Å²) in [6.07, 6.45) is 0.691. The Hall–Kier alpha value is -4.40. The van der Waals surface area contributed by atoms with Crippen LogP contribution in [-0.2, 0) is 11.3 Å². The Morgan fingerprint density at radius 1 is 1.03 bits per heavy atom. The third-order valence-electron chi connectivity index (χ3n) is 4.98. The molecule has 0 radical (unpaired) electrons. The van der Waals surface area contributed by atoms with E-state index in [9.17, 15) is 9.59 Å². The van der Waals surface area contributed by atoms with Crippen molar-refractivity contribution in [2.75, 3.05) is 14.2 Å². The zero-order chi connectivity index (χ0) is 23.4. The number of carbonyl (C=O) groups is 2. The SMILES string of the molecule is COc1cc(OC)nc(Oc2ccc3[nH]c(C)c(C=O)c3c2C(=O)OCc2ccccc2)n1. The van der Waals surface area contributed by atoms with Gasteiger partial charge in [-0.25, -0.2) is 4.79 Å². The van der Waals surface area contributed by atoms with Crippen LogP contribution in [0.1, 0.15) is 32.0 Å². The van der Waals surface area contributed by atoms with Crippen LogP contribution in [-0.4, -0.2) is 41.4 Å². The maximum absolute atomic E-state index is 13.2. The van der Waals surface area contributed by atoms with Crippen molar-refractivity contribution in [1.29, 1.82) is 0 Å². The minimum atomic E-state index is -0.656. The fourth-order valence-corrected chi connectivity index (χ4v) is 3.39. The van der Waals surface area contributed by atoms with Crippen molar-refractivity contribution < 1.29 is 28.5 Å². The predicted octanol–water partition coefficient (Wildman–Crippen LogP) is 4.25. The van der Waals surface area contributed by atoms with Crippen molar-refractivity contribution in [3.05, 3.63) is 70.9 Å². The molecule has 4 rings (SSSR count). The standard InChI is InChI=1S/C24H21N3O6/c1-14-16(12-28)21-17(25-14)9-10-18(33-24-26-19(30-2)11-20(27-24)31-3)22(21)23(29)32-13-15-7-5-4-6-8-15/h4-12,25H,13H2,1-3H3. The largest absolute Gasteiger partial charge is 0.481 e. The molecule has 0 bridgehead atoms. The molecule has 0 aliphatic carbocycles. The normalized spacial score (nSPS) is 10.6. The van der Waals surface area contributed by atoms with E-state index >= 15 is 0 Å². The molecule has 33 heavy (non-hydrogen) atoms. The number of aromatic nitrogens is 3. The molecule has 0 saturated carbocycles. The van der Waals surface area contributed by atoms with Crippen LogP contribution in [0.4, 0.5) is 0 Å². The fourth-order valence-electron chi connectivity index (χ4n) is 3.39. The number of aryl methyl sites for hydroxylation is 1. The Labute approximate surface area is 189 Å². The minimum Gasteiger partial charge on any atom is -0.481 e. The molecule has 2 aromatic heterocycles. The van der Waals surface area contributed by atoms with Gasteiger partial charge in [0.25, 0.3) is 0 Å². The number of hydrogen-bond donors (Lipinski definition) is 1. The number of esters is 1. The van der Waals surface area contributed by atoms with Gasteiger partial charge in [0, 0.05) is 22.2 Å². The summed E-state index contributed by atoms with van der Waals surface area (Å²) < 4.78 is 21.7. The first kappa shape index (κ1) is 21.8. The van der Waals surface area contributed by atoms with Gasteiger partial charge in [0.05, 0.1) is 20.3 Å². The fraction of sp³-hybridized carbons (Fsp3) is 0.167. The van der Waals surface area contributed by atoms with Gasteiger partial charge in [-0.05, 0) is 24.6 Å². The highest BCUT2D eigenvalue weighted by Gasteiger charge is 2.24. The van der Waals surface area contributed by atoms with E-state index in [0.29, 0.717) is 28.4 Å².